The van der Waals surface area contributed by atoms with Crippen LogP contribution in [0.3, 0.4) is 0 Å². The number of nitrogens with two attached hydrogens (primary N) is 1. The van der Waals surface area contributed by atoms with Gasteiger partial charge in [0.25, 0.3) is 0 Å². The summed E-state index contributed by atoms with van der Waals surface area (Å²) in [5.74, 6) is 0. The summed E-state index contributed by atoms with van der Waals surface area (Å²) in [5.41, 5.74) is 10.7. The van der Waals surface area contributed by atoms with Crippen LogP contribution in [0.1, 0.15) is 11.1 Å². The SMILES string of the molecule is Nc1cccc(N2Cc3ccccc3C2)c1. The third kappa shape index (κ3) is 1.52. The molecular formula is C14H14N2. The number of benzene rings is 2. The molecular weight excluding hydrogens is 196 g/mol. The number of hydrogen-bond acceptors (Lipinski definition) is 2. The quantitative estimate of drug-likeness (QED) is 0.733. The van der Waals surface area contributed by atoms with E-state index in [-0.39, 0.29) is 0 Å². The van der Waals surface area contributed by atoms with Crippen molar-refractivity contribution >= 4 is 11.4 Å². The minimum atomic E-state index is 0.827. The number of fused-ring (bicyclic) bond motifs is 1. The Bertz CT molecular complexity index is 495. The lowest BCUT2D eigenvalue weighted by molar-refractivity contribution is 0.881. The molecule has 0 radical (unpaired) electrons. The second-order valence-corrected chi connectivity index (χ2v) is 4.22. The van der Waals surface area contributed by atoms with Crippen molar-refractivity contribution in [1.82, 2.24) is 0 Å². The van der Waals surface area contributed by atoms with Crippen LogP contribution in [0.25, 0.3) is 0 Å². The summed E-state index contributed by atoms with van der Waals surface area (Å²) in [7, 11) is 0. The first-order chi connectivity index (χ1) is 7.83. The smallest absolute Gasteiger partial charge is 0.0436 e. The first-order valence-electron chi connectivity index (χ1n) is 5.50. The number of hydrogen-bond donors (Lipinski definition) is 1. The highest BCUT2D eigenvalue weighted by Gasteiger charge is 2.18. The largest absolute Gasteiger partial charge is 0.399 e. The lowest BCUT2D eigenvalue weighted by atomic mass is 10.1. The topological polar surface area (TPSA) is 29.3 Å². The molecule has 0 atom stereocenters. The van der Waals surface area contributed by atoms with Crippen LogP contribution in [-0.4, -0.2) is 0 Å². The molecule has 0 saturated heterocycles. The standard InChI is InChI=1S/C14H14N2/c15-13-6-3-7-14(8-13)16-9-11-4-1-2-5-12(11)10-16/h1-8H,9-10,15H2. The van der Waals surface area contributed by atoms with E-state index in [1.165, 1.54) is 16.8 Å². The molecule has 2 N–H and O–H groups in total. The van der Waals surface area contributed by atoms with Gasteiger partial charge in [-0.15, -0.1) is 0 Å². The maximum absolute atomic E-state index is 5.80. The van der Waals surface area contributed by atoms with E-state index in [9.17, 15) is 0 Å². The van der Waals surface area contributed by atoms with Gasteiger partial charge in [-0.25, -0.2) is 0 Å². The molecule has 0 spiro atoms. The molecule has 1 aliphatic rings. The van der Waals surface area contributed by atoms with E-state index in [4.69, 9.17) is 5.73 Å². The molecule has 2 heteroatoms. The summed E-state index contributed by atoms with van der Waals surface area (Å²) in [4.78, 5) is 2.35. The Hall–Kier alpha value is -1.96. The number of rotatable bonds is 1. The summed E-state index contributed by atoms with van der Waals surface area (Å²) in [5, 5.41) is 0. The van der Waals surface area contributed by atoms with E-state index in [1.54, 1.807) is 0 Å². The van der Waals surface area contributed by atoms with Crippen LogP contribution >= 0.6 is 0 Å². The molecule has 1 heterocycles. The van der Waals surface area contributed by atoms with E-state index in [0.29, 0.717) is 0 Å². The molecule has 0 aromatic heterocycles. The van der Waals surface area contributed by atoms with E-state index in [2.05, 4.69) is 35.2 Å². The van der Waals surface area contributed by atoms with Gasteiger partial charge in [-0.1, -0.05) is 30.3 Å². The van der Waals surface area contributed by atoms with Crippen LogP contribution in [0.15, 0.2) is 48.5 Å². The molecule has 0 amide bonds. The van der Waals surface area contributed by atoms with Crippen molar-refractivity contribution in [2.75, 3.05) is 10.6 Å². The van der Waals surface area contributed by atoms with Gasteiger partial charge in [-0.3, -0.25) is 0 Å². The van der Waals surface area contributed by atoms with Crippen LogP contribution in [0.5, 0.6) is 0 Å². The van der Waals surface area contributed by atoms with Crippen molar-refractivity contribution in [2.45, 2.75) is 13.1 Å². The van der Waals surface area contributed by atoms with Gasteiger partial charge in [-0.05, 0) is 29.3 Å². The van der Waals surface area contributed by atoms with Crippen molar-refractivity contribution in [3.05, 3.63) is 59.7 Å². The molecule has 1 aliphatic heterocycles. The molecule has 2 aromatic rings. The van der Waals surface area contributed by atoms with Gasteiger partial charge in [0.15, 0.2) is 0 Å². The molecule has 2 nitrogen and oxygen atoms in total. The van der Waals surface area contributed by atoms with Crippen LogP contribution in [0, 0.1) is 0 Å². The molecule has 0 saturated carbocycles. The molecule has 0 bridgehead atoms. The summed E-state index contributed by atoms with van der Waals surface area (Å²) < 4.78 is 0. The predicted molar refractivity (Wildman–Crippen MR) is 67.2 cm³/mol. The zero-order valence-electron chi connectivity index (χ0n) is 9.06. The van der Waals surface area contributed by atoms with Crippen molar-refractivity contribution in [3.63, 3.8) is 0 Å². The summed E-state index contributed by atoms with van der Waals surface area (Å²) >= 11 is 0. The molecule has 2 aromatic carbocycles. The Kier molecular flexibility index (Phi) is 2.07. The molecule has 0 unspecified atom stereocenters. The molecule has 0 aliphatic carbocycles. The average Bonchev–Trinajstić information content (AvgIpc) is 2.72. The maximum atomic E-state index is 5.80. The van der Waals surface area contributed by atoms with E-state index in [0.717, 1.165) is 18.8 Å². The Balaban J connectivity index is 1.91. The lowest BCUT2D eigenvalue weighted by Gasteiger charge is -2.17. The van der Waals surface area contributed by atoms with E-state index >= 15 is 0 Å². The lowest BCUT2D eigenvalue weighted by Crippen LogP contribution is -2.14. The third-order valence-electron chi connectivity index (χ3n) is 3.08. The highest BCUT2D eigenvalue weighted by Crippen LogP contribution is 2.28. The highest BCUT2D eigenvalue weighted by molar-refractivity contribution is 5.58. The summed E-state index contributed by atoms with van der Waals surface area (Å²) in [6, 6.07) is 16.7. The van der Waals surface area contributed by atoms with Crippen molar-refractivity contribution < 1.29 is 0 Å². The van der Waals surface area contributed by atoms with Crippen molar-refractivity contribution in [1.29, 1.82) is 0 Å². The van der Waals surface area contributed by atoms with E-state index in [1.807, 2.05) is 18.2 Å². The Morgan fingerprint density at radius 2 is 1.56 bits per heavy atom. The molecule has 3 rings (SSSR count). The second kappa shape index (κ2) is 3.56. The summed E-state index contributed by atoms with van der Waals surface area (Å²) in [6.45, 7) is 1.97. The third-order valence-corrected chi connectivity index (χ3v) is 3.08. The predicted octanol–water partition coefficient (Wildman–Crippen LogP) is 2.79. The minimum Gasteiger partial charge on any atom is -0.399 e. The average molecular weight is 210 g/mol. The number of nitrogen functional groups attached to an aromatic ring is 1. The van der Waals surface area contributed by atoms with Gasteiger partial charge in [-0.2, -0.15) is 0 Å². The first kappa shape index (κ1) is 9.28. The fourth-order valence-corrected chi connectivity index (χ4v) is 2.24. The van der Waals surface area contributed by atoms with Crippen LogP contribution in [0.4, 0.5) is 11.4 Å². The van der Waals surface area contributed by atoms with Gasteiger partial charge in [0.1, 0.15) is 0 Å². The molecule has 0 fully saturated rings. The van der Waals surface area contributed by atoms with E-state index < -0.39 is 0 Å². The van der Waals surface area contributed by atoms with Crippen LogP contribution in [0.2, 0.25) is 0 Å². The summed E-state index contributed by atoms with van der Waals surface area (Å²) in [6.07, 6.45) is 0. The highest BCUT2D eigenvalue weighted by atomic mass is 15.1. The fraction of sp³-hybridized carbons (Fsp3) is 0.143. The first-order valence-corrected chi connectivity index (χ1v) is 5.50. The maximum Gasteiger partial charge on any atom is 0.0436 e. The Labute approximate surface area is 95.3 Å². The number of anilines is 2. The van der Waals surface area contributed by atoms with Crippen molar-refractivity contribution in [2.24, 2.45) is 0 Å². The number of nitrogens with zero attached hydrogens (tertiary/aromatic N) is 1. The Morgan fingerprint density at radius 3 is 2.19 bits per heavy atom. The normalized spacial score (nSPS) is 13.9. The zero-order valence-corrected chi connectivity index (χ0v) is 9.06. The van der Waals surface area contributed by atoms with Crippen LogP contribution in [-0.2, 0) is 13.1 Å². The van der Waals surface area contributed by atoms with Crippen LogP contribution < -0.4 is 10.6 Å². The van der Waals surface area contributed by atoms with Gasteiger partial charge in [0, 0.05) is 24.5 Å². The fourth-order valence-electron chi connectivity index (χ4n) is 2.24. The monoisotopic (exact) mass is 210 g/mol. The van der Waals surface area contributed by atoms with Crippen molar-refractivity contribution in [3.8, 4) is 0 Å². The molecule has 16 heavy (non-hydrogen) atoms. The zero-order chi connectivity index (χ0) is 11.0. The van der Waals surface area contributed by atoms with Gasteiger partial charge < -0.3 is 10.6 Å². The Morgan fingerprint density at radius 1 is 0.875 bits per heavy atom. The second-order valence-electron chi connectivity index (χ2n) is 4.22. The minimum absolute atomic E-state index is 0.827. The van der Waals surface area contributed by atoms with Gasteiger partial charge in [0.2, 0.25) is 0 Å². The van der Waals surface area contributed by atoms with Gasteiger partial charge in [0.05, 0.1) is 0 Å². The molecule has 80 valence electrons. The van der Waals surface area contributed by atoms with Gasteiger partial charge >= 0.3 is 0 Å².